The van der Waals surface area contributed by atoms with Gasteiger partial charge in [0, 0.05) is 61.7 Å². The van der Waals surface area contributed by atoms with Crippen LogP contribution in [0, 0.1) is 0 Å². The number of fused-ring (bicyclic) bond motifs is 1. The van der Waals surface area contributed by atoms with Crippen LogP contribution in [0.3, 0.4) is 0 Å². The van der Waals surface area contributed by atoms with Crippen LogP contribution in [0.2, 0.25) is 0 Å². The van der Waals surface area contributed by atoms with Crippen LogP contribution in [0.1, 0.15) is 23.3 Å². The molecule has 6 rings (SSSR count). The number of nitrogens with zero attached hydrogens (tertiary/aromatic N) is 6. The molecule has 224 valence electrons. The predicted octanol–water partition coefficient (Wildman–Crippen LogP) is -0.167. The van der Waals surface area contributed by atoms with Crippen LogP contribution in [0.5, 0.6) is 0 Å². The molecule has 0 bridgehead atoms. The minimum absolute atomic E-state index is 0.0969. The number of para-hydroxylation sites is 2. The fourth-order valence-corrected chi connectivity index (χ4v) is 5.52. The highest BCUT2D eigenvalue weighted by molar-refractivity contribution is 6.03. The van der Waals surface area contributed by atoms with E-state index < -0.39 is 11.5 Å². The Morgan fingerprint density at radius 1 is 0.744 bits per heavy atom. The Morgan fingerprint density at radius 3 is 1.86 bits per heavy atom. The second kappa shape index (κ2) is 11.9. The number of aromatic amines is 1. The first-order chi connectivity index (χ1) is 20.7. The predicted molar refractivity (Wildman–Crippen MR) is 165 cm³/mol. The Hall–Kier alpha value is -4.70. The fraction of sp³-hybridized carbons (Fsp3) is 0.357. The Bertz CT molecular complexity index is 1610. The minimum Gasteiger partial charge on any atom is -0.338 e. The molecule has 4 aromatic rings. The van der Waals surface area contributed by atoms with E-state index in [-0.39, 0.29) is 29.9 Å². The van der Waals surface area contributed by atoms with Crippen molar-refractivity contribution in [2.75, 3.05) is 46.6 Å². The standard InChI is InChI=1S/C28H35N13O2/c29-15-9-16(30)12-40(11-15)27-37-26(38-28(39-27)41-13-17(31)10-18(32)14-41)34-20-7-5-19(6-8-20)33-24(42)23-25(43)36-22-4-2-1-3-21(22)35-23/h1-8,15-18H,9-14,29-32H2,(H,33,42)(H,36,43)(H,34,37,38,39). The number of hydrogen-bond acceptors (Lipinski definition) is 13. The van der Waals surface area contributed by atoms with Crippen molar-refractivity contribution < 1.29 is 4.79 Å². The molecule has 0 aliphatic carbocycles. The summed E-state index contributed by atoms with van der Waals surface area (Å²) in [5, 5.41) is 5.95. The first-order valence-electron chi connectivity index (χ1n) is 14.2. The minimum atomic E-state index is -0.615. The lowest BCUT2D eigenvalue weighted by Crippen LogP contribution is -2.54. The number of hydrogen-bond donors (Lipinski definition) is 7. The van der Waals surface area contributed by atoms with Crippen molar-refractivity contribution in [3.05, 3.63) is 64.6 Å². The van der Waals surface area contributed by atoms with Crippen molar-refractivity contribution in [3.8, 4) is 0 Å². The van der Waals surface area contributed by atoms with E-state index in [1.54, 1.807) is 48.5 Å². The van der Waals surface area contributed by atoms with E-state index in [0.717, 1.165) is 12.8 Å². The number of rotatable bonds is 6. The number of amides is 1. The molecule has 43 heavy (non-hydrogen) atoms. The van der Waals surface area contributed by atoms with Crippen LogP contribution >= 0.6 is 0 Å². The molecule has 4 heterocycles. The van der Waals surface area contributed by atoms with Crippen LogP contribution < -0.4 is 48.9 Å². The number of aromatic nitrogens is 5. The molecule has 2 saturated heterocycles. The normalized spacial score (nSPS) is 22.4. The van der Waals surface area contributed by atoms with Crippen LogP contribution in [-0.4, -0.2) is 81.2 Å². The molecule has 15 nitrogen and oxygen atoms in total. The molecule has 11 N–H and O–H groups in total. The maximum Gasteiger partial charge on any atom is 0.280 e. The van der Waals surface area contributed by atoms with E-state index in [0.29, 0.717) is 66.4 Å². The Kier molecular flexibility index (Phi) is 7.86. The van der Waals surface area contributed by atoms with Crippen molar-refractivity contribution in [2.45, 2.75) is 37.0 Å². The summed E-state index contributed by atoms with van der Waals surface area (Å²) in [5.74, 6) is 0.630. The Labute approximate surface area is 247 Å². The summed E-state index contributed by atoms with van der Waals surface area (Å²) >= 11 is 0. The highest BCUT2D eigenvalue weighted by atomic mass is 16.2. The molecule has 4 atom stereocenters. The van der Waals surface area contributed by atoms with E-state index in [1.165, 1.54) is 0 Å². The molecular formula is C28H35N13O2. The summed E-state index contributed by atoms with van der Waals surface area (Å²) in [6, 6.07) is 13.5. The second-order valence-electron chi connectivity index (χ2n) is 11.2. The molecule has 0 spiro atoms. The zero-order chi connectivity index (χ0) is 30.1. The average Bonchev–Trinajstić information content (AvgIpc) is 2.96. The van der Waals surface area contributed by atoms with Crippen molar-refractivity contribution in [1.82, 2.24) is 24.9 Å². The SMILES string of the molecule is NC1CC(N)CN(c2nc(Nc3ccc(NC(=O)c4nc5ccccc5[nH]c4=O)cc3)nc(N3CC(N)CC(N)C3)n2)C1. The third kappa shape index (κ3) is 6.54. The zero-order valence-corrected chi connectivity index (χ0v) is 23.5. The summed E-state index contributed by atoms with van der Waals surface area (Å²) in [5.41, 5.74) is 26.4. The van der Waals surface area contributed by atoms with Crippen molar-refractivity contribution in [3.63, 3.8) is 0 Å². The van der Waals surface area contributed by atoms with Crippen molar-refractivity contribution >= 4 is 46.2 Å². The molecule has 2 aliphatic heterocycles. The molecule has 15 heteroatoms. The van der Waals surface area contributed by atoms with Crippen LogP contribution in [0.4, 0.5) is 29.2 Å². The molecule has 2 aromatic carbocycles. The van der Waals surface area contributed by atoms with Gasteiger partial charge in [-0.2, -0.15) is 15.0 Å². The lowest BCUT2D eigenvalue weighted by molar-refractivity contribution is 0.102. The van der Waals surface area contributed by atoms with Gasteiger partial charge in [-0.25, -0.2) is 4.98 Å². The average molecular weight is 586 g/mol. The van der Waals surface area contributed by atoms with Crippen molar-refractivity contribution in [1.29, 1.82) is 0 Å². The Morgan fingerprint density at radius 2 is 1.28 bits per heavy atom. The molecule has 0 saturated carbocycles. The van der Waals surface area contributed by atoms with Gasteiger partial charge in [-0.05, 0) is 49.2 Å². The van der Waals surface area contributed by atoms with E-state index in [1.807, 2.05) is 9.80 Å². The molecule has 4 unspecified atom stereocenters. The highest BCUT2D eigenvalue weighted by Crippen LogP contribution is 2.24. The quantitative estimate of drug-likeness (QED) is 0.156. The van der Waals surface area contributed by atoms with Crippen LogP contribution in [0.25, 0.3) is 11.0 Å². The van der Waals surface area contributed by atoms with Crippen LogP contribution in [0.15, 0.2) is 53.3 Å². The molecule has 0 radical (unpaired) electrons. The van der Waals surface area contributed by atoms with Gasteiger partial charge in [-0.1, -0.05) is 12.1 Å². The Balaban J connectivity index is 1.22. The molecule has 2 aliphatic rings. The lowest BCUT2D eigenvalue weighted by Gasteiger charge is -2.37. The van der Waals surface area contributed by atoms with E-state index in [2.05, 4.69) is 30.6 Å². The summed E-state index contributed by atoms with van der Waals surface area (Å²) in [6.07, 6.45) is 1.45. The topological polar surface area (TPSA) is 236 Å². The molecule has 2 fully saturated rings. The summed E-state index contributed by atoms with van der Waals surface area (Å²) in [4.78, 5) is 50.2. The number of nitrogens with one attached hydrogen (secondary N) is 3. The maximum atomic E-state index is 12.8. The second-order valence-corrected chi connectivity index (χ2v) is 11.2. The number of benzene rings is 2. The first kappa shape index (κ1) is 28.4. The van der Waals surface area contributed by atoms with Gasteiger partial charge < -0.3 is 48.4 Å². The smallest absolute Gasteiger partial charge is 0.280 e. The molecule has 1 amide bonds. The van der Waals surface area contributed by atoms with Gasteiger partial charge in [0.25, 0.3) is 11.5 Å². The van der Waals surface area contributed by atoms with Gasteiger partial charge in [0.1, 0.15) is 0 Å². The van der Waals surface area contributed by atoms with E-state index in [4.69, 9.17) is 27.9 Å². The third-order valence-electron chi connectivity index (χ3n) is 7.42. The van der Waals surface area contributed by atoms with Gasteiger partial charge in [-0.3, -0.25) is 9.59 Å². The number of nitrogens with two attached hydrogens (primary N) is 4. The largest absolute Gasteiger partial charge is 0.338 e. The molecule has 2 aromatic heterocycles. The lowest BCUT2D eigenvalue weighted by atomic mass is 10.0. The monoisotopic (exact) mass is 585 g/mol. The number of carbonyl (C=O) groups is 1. The summed E-state index contributed by atoms with van der Waals surface area (Å²) < 4.78 is 0. The third-order valence-corrected chi connectivity index (χ3v) is 7.42. The van der Waals surface area contributed by atoms with Crippen LogP contribution in [-0.2, 0) is 0 Å². The van der Waals surface area contributed by atoms with Gasteiger partial charge in [0.05, 0.1) is 11.0 Å². The van der Waals surface area contributed by atoms with Gasteiger partial charge >= 0.3 is 0 Å². The van der Waals surface area contributed by atoms with E-state index >= 15 is 0 Å². The highest BCUT2D eigenvalue weighted by Gasteiger charge is 2.29. The zero-order valence-electron chi connectivity index (χ0n) is 23.5. The number of carbonyl (C=O) groups excluding carboxylic acids is 1. The molecular weight excluding hydrogens is 550 g/mol. The summed E-state index contributed by atoms with van der Waals surface area (Å²) in [7, 11) is 0. The van der Waals surface area contributed by atoms with E-state index in [9.17, 15) is 9.59 Å². The first-order valence-corrected chi connectivity index (χ1v) is 14.2. The number of anilines is 5. The van der Waals surface area contributed by atoms with Gasteiger partial charge in [0.15, 0.2) is 5.69 Å². The van der Waals surface area contributed by atoms with Gasteiger partial charge in [-0.15, -0.1) is 0 Å². The van der Waals surface area contributed by atoms with Crippen molar-refractivity contribution in [2.24, 2.45) is 22.9 Å². The summed E-state index contributed by atoms with van der Waals surface area (Å²) in [6.45, 7) is 2.27. The maximum absolute atomic E-state index is 12.8. The number of piperidine rings is 2. The fourth-order valence-electron chi connectivity index (χ4n) is 5.52. The number of H-pyrrole nitrogens is 1. The van der Waals surface area contributed by atoms with Gasteiger partial charge in [0.2, 0.25) is 17.8 Å².